The minimum Gasteiger partial charge on any atom is -0.394 e. The fourth-order valence-corrected chi connectivity index (χ4v) is 5.88. The van der Waals surface area contributed by atoms with Crippen molar-refractivity contribution in [2.75, 3.05) is 13.2 Å². The standard InChI is InChI=1S/C31H38O13/c1-13(7-8-15-9-10-18-21(14(15)2)23(34)17-6-4-3-5-16(17)22(18)33)42-31-29(40)27(38)25(36)20(44-31)12-41-30-28(39)26(37)24(35)19(11-32)43-30/h3-6,9-10,13,19-20,24-32,35-40H,7-8,11-12H2,1-2H3/t13?,19-,20-,24-,25-,26+,27+,28-,29-,30-,31-/m1/s1. The number of aliphatic hydroxyl groups is 7. The number of hydrogen-bond acceptors (Lipinski definition) is 13. The van der Waals surface area contributed by atoms with Crippen molar-refractivity contribution in [3.63, 3.8) is 0 Å². The van der Waals surface area contributed by atoms with Crippen molar-refractivity contribution in [1.82, 2.24) is 0 Å². The molecule has 1 unspecified atom stereocenters. The molecule has 0 aromatic heterocycles. The highest BCUT2D eigenvalue weighted by Gasteiger charge is 2.47. The summed E-state index contributed by atoms with van der Waals surface area (Å²) in [5.41, 5.74) is 3.03. The van der Waals surface area contributed by atoms with Gasteiger partial charge in [0.2, 0.25) is 0 Å². The maximum Gasteiger partial charge on any atom is 0.194 e. The van der Waals surface area contributed by atoms with Gasteiger partial charge in [0, 0.05) is 22.3 Å². The first-order chi connectivity index (χ1) is 20.9. The molecule has 2 heterocycles. The Hall–Kier alpha value is -2.66. The number of ether oxygens (including phenoxy) is 4. The maximum atomic E-state index is 13.3. The molecule has 2 aromatic rings. The summed E-state index contributed by atoms with van der Waals surface area (Å²) >= 11 is 0. The Morgan fingerprint density at radius 2 is 1.34 bits per heavy atom. The highest BCUT2D eigenvalue weighted by atomic mass is 16.7. The van der Waals surface area contributed by atoms with E-state index in [0.29, 0.717) is 40.7 Å². The third-order valence-electron chi connectivity index (χ3n) is 8.59. The van der Waals surface area contributed by atoms with E-state index in [1.54, 1.807) is 50.2 Å². The molecule has 5 rings (SSSR count). The lowest BCUT2D eigenvalue weighted by Crippen LogP contribution is -2.62. The molecule has 2 aromatic carbocycles. The first kappa shape index (κ1) is 32.7. The maximum absolute atomic E-state index is 13.3. The van der Waals surface area contributed by atoms with Crippen LogP contribution < -0.4 is 0 Å². The van der Waals surface area contributed by atoms with Crippen LogP contribution in [0.1, 0.15) is 56.3 Å². The molecule has 13 nitrogen and oxygen atoms in total. The van der Waals surface area contributed by atoms with Gasteiger partial charge in [-0.05, 0) is 43.9 Å². The fraction of sp³-hybridized carbons (Fsp3) is 0.548. The summed E-state index contributed by atoms with van der Waals surface area (Å²) in [5, 5.41) is 70.9. The van der Waals surface area contributed by atoms with Gasteiger partial charge >= 0.3 is 0 Å². The van der Waals surface area contributed by atoms with Crippen molar-refractivity contribution in [1.29, 1.82) is 0 Å². The van der Waals surface area contributed by atoms with Crippen molar-refractivity contribution in [3.8, 4) is 0 Å². The van der Waals surface area contributed by atoms with Crippen molar-refractivity contribution in [2.24, 2.45) is 0 Å². The number of aryl methyl sites for hydroxylation is 1. The number of hydrogen-bond donors (Lipinski definition) is 7. The lowest BCUT2D eigenvalue weighted by Gasteiger charge is -2.43. The molecule has 11 atom stereocenters. The Labute approximate surface area is 253 Å². The molecule has 2 fully saturated rings. The van der Waals surface area contributed by atoms with E-state index in [2.05, 4.69) is 0 Å². The molecule has 13 heteroatoms. The molecule has 0 bridgehead atoms. The van der Waals surface area contributed by atoms with Crippen LogP contribution in [0.25, 0.3) is 0 Å². The van der Waals surface area contributed by atoms with E-state index < -0.39 is 80.7 Å². The van der Waals surface area contributed by atoms with Crippen molar-refractivity contribution >= 4 is 11.6 Å². The number of carbonyl (C=O) groups is 2. The van der Waals surface area contributed by atoms with Gasteiger partial charge in [-0.15, -0.1) is 0 Å². The van der Waals surface area contributed by atoms with E-state index in [0.717, 1.165) is 5.56 Å². The Balaban J connectivity index is 1.20. The van der Waals surface area contributed by atoms with Gasteiger partial charge in [0.25, 0.3) is 0 Å². The minimum absolute atomic E-state index is 0.198. The molecule has 0 radical (unpaired) electrons. The highest BCUT2D eigenvalue weighted by Crippen LogP contribution is 2.32. The van der Waals surface area contributed by atoms with Gasteiger partial charge in [0.05, 0.1) is 19.3 Å². The second-order valence-electron chi connectivity index (χ2n) is 11.5. The number of aliphatic hydroxyl groups excluding tert-OH is 7. The van der Waals surface area contributed by atoms with E-state index in [1.165, 1.54) is 0 Å². The zero-order chi connectivity index (χ0) is 31.9. The molecule has 44 heavy (non-hydrogen) atoms. The number of carbonyl (C=O) groups excluding carboxylic acids is 2. The van der Waals surface area contributed by atoms with E-state index in [4.69, 9.17) is 18.9 Å². The molecule has 1 aliphatic carbocycles. The normalized spacial score (nSPS) is 34.4. The number of ketones is 2. The summed E-state index contributed by atoms with van der Waals surface area (Å²) in [7, 11) is 0. The predicted molar refractivity (Wildman–Crippen MR) is 150 cm³/mol. The van der Waals surface area contributed by atoms with Crippen LogP contribution in [0.15, 0.2) is 36.4 Å². The zero-order valence-electron chi connectivity index (χ0n) is 24.2. The van der Waals surface area contributed by atoms with E-state index in [1.807, 2.05) is 0 Å². The zero-order valence-corrected chi connectivity index (χ0v) is 24.2. The number of benzene rings is 2. The van der Waals surface area contributed by atoms with Gasteiger partial charge in [0.15, 0.2) is 24.1 Å². The van der Waals surface area contributed by atoms with Crippen LogP contribution in [0.4, 0.5) is 0 Å². The fourth-order valence-electron chi connectivity index (χ4n) is 5.88. The first-order valence-electron chi connectivity index (χ1n) is 14.5. The van der Waals surface area contributed by atoms with Crippen LogP contribution >= 0.6 is 0 Å². The van der Waals surface area contributed by atoms with Gasteiger partial charge in [-0.1, -0.05) is 30.3 Å². The molecule has 2 aliphatic heterocycles. The third-order valence-corrected chi connectivity index (χ3v) is 8.59. The summed E-state index contributed by atoms with van der Waals surface area (Å²) in [4.78, 5) is 26.3. The topological polar surface area (TPSA) is 213 Å². The van der Waals surface area contributed by atoms with Crippen molar-refractivity contribution in [3.05, 3.63) is 69.8 Å². The molecule has 0 amide bonds. The largest absolute Gasteiger partial charge is 0.394 e. The third kappa shape index (κ3) is 6.10. The lowest BCUT2D eigenvalue weighted by molar-refractivity contribution is -0.335. The van der Waals surface area contributed by atoms with E-state index in [-0.39, 0.29) is 11.6 Å². The second-order valence-corrected chi connectivity index (χ2v) is 11.5. The molecular formula is C31H38O13. The van der Waals surface area contributed by atoms with Gasteiger partial charge < -0.3 is 54.7 Å². The van der Waals surface area contributed by atoms with Gasteiger partial charge in [-0.2, -0.15) is 0 Å². The molecule has 2 saturated heterocycles. The Bertz CT molecular complexity index is 1360. The smallest absolute Gasteiger partial charge is 0.194 e. The molecule has 0 spiro atoms. The summed E-state index contributed by atoms with van der Waals surface area (Å²) in [6, 6.07) is 10.2. The number of rotatable bonds is 9. The molecule has 3 aliphatic rings. The lowest BCUT2D eigenvalue weighted by atomic mass is 9.80. The first-order valence-corrected chi connectivity index (χ1v) is 14.5. The molecular weight excluding hydrogens is 580 g/mol. The van der Waals surface area contributed by atoms with Crippen LogP contribution in [0.2, 0.25) is 0 Å². The highest BCUT2D eigenvalue weighted by molar-refractivity contribution is 6.28. The van der Waals surface area contributed by atoms with Crippen LogP contribution in [0.5, 0.6) is 0 Å². The number of fused-ring (bicyclic) bond motifs is 2. The Morgan fingerprint density at radius 1 is 0.750 bits per heavy atom. The summed E-state index contributed by atoms with van der Waals surface area (Å²) in [6.45, 7) is 2.40. The Morgan fingerprint density at radius 3 is 2.00 bits per heavy atom. The predicted octanol–water partition coefficient (Wildman–Crippen LogP) is -1.27. The van der Waals surface area contributed by atoms with Crippen molar-refractivity contribution < 1.29 is 64.3 Å². The van der Waals surface area contributed by atoms with E-state index in [9.17, 15) is 45.3 Å². The second kappa shape index (κ2) is 13.4. The van der Waals surface area contributed by atoms with Gasteiger partial charge in [-0.3, -0.25) is 9.59 Å². The average Bonchev–Trinajstić information content (AvgIpc) is 3.02. The SMILES string of the molecule is Cc1c(CCC(C)O[C@@H]2O[C@H](CO[C@@H]3O[C@H](CO)[C@@H](O)[C@H](O)[C@H]3O)[C@@H](O)[C@H](O)[C@H]2O)ccc2c1C(=O)c1ccccc1C2=O. The molecule has 240 valence electrons. The van der Waals surface area contributed by atoms with Crippen LogP contribution in [0, 0.1) is 6.92 Å². The van der Waals surface area contributed by atoms with E-state index >= 15 is 0 Å². The monoisotopic (exact) mass is 618 g/mol. The minimum atomic E-state index is -1.67. The summed E-state index contributed by atoms with van der Waals surface area (Å²) in [5.74, 6) is -0.405. The summed E-state index contributed by atoms with van der Waals surface area (Å²) in [6.07, 6.45) is -14.8. The molecule has 7 N–H and O–H groups in total. The van der Waals surface area contributed by atoms with Crippen LogP contribution in [-0.4, -0.2) is 128 Å². The van der Waals surface area contributed by atoms with Gasteiger partial charge in [0.1, 0.15) is 48.8 Å². The average molecular weight is 619 g/mol. The van der Waals surface area contributed by atoms with Gasteiger partial charge in [-0.25, -0.2) is 0 Å². The Kier molecular flexibility index (Phi) is 9.94. The van der Waals surface area contributed by atoms with Crippen LogP contribution in [0.3, 0.4) is 0 Å². The molecule has 0 saturated carbocycles. The van der Waals surface area contributed by atoms with Crippen molar-refractivity contribution in [2.45, 2.75) is 94.2 Å². The summed E-state index contributed by atoms with van der Waals surface area (Å²) < 4.78 is 22.3. The quantitative estimate of drug-likeness (QED) is 0.149. The van der Waals surface area contributed by atoms with Crippen LogP contribution in [-0.2, 0) is 25.4 Å².